The maximum absolute atomic E-state index is 15.1. The smallest absolute Gasteiger partial charge is 0.330 e. The predicted octanol–water partition coefficient (Wildman–Crippen LogP) is 3.07. The van der Waals surface area contributed by atoms with Crippen molar-refractivity contribution in [3.05, 3.63) is 59.6 Å². The highest BCUT2D eigenvalue weighted by molar-refractivity contribution is 6.00. The van der Waals surface area contributed by atoms with Crippen molar-refractivity contribution in [2.75, 3.05) is 11.9 Å². The van der Waals surface area contributed by atoms with Crippen LogP contribution in [0.2, 0.25) is 0 Å². The number of H-pyrrole nitrogens is 1. The average Bonchev–Trinajstić information content (AvgIpc) is 3.84. The molecule has 3 aromatic rings. The van der Waals surface area contributed by atoms with Gasteiger partial charge in [-0.3, -0.25) is 14.5 Å². The summed E-state index contributed by atoms with van der Waals surface area (Å²) in [4.78, 5) is 33.9. The summed E-state index contributed by atoms with van der Waals surface area (Å²) < 4.78 is 16.7. The lowest BCUT2D eigenvalue weighted by atomic mass is 9.88. The van der Waals surface area contributed by atoms with Gasteiger partial charge in [-0.25, -0.2) is 15.1 Å². The normalized spacial score (nSPS) is 15.9. The SMILES string of the molecule is Cc1cnc(C)c(-c2ccc(NC(=O)[C@@H](NC(=O)c3ccnn3CCCO)C(C3CC3)C3CC3)[nH+]c2F)c1. The molecule has 2 amide bonds. The second kappa shape index (κ2) is 11.0. The Hall–Kier alpha value is -3.66. The van der Waals surface area contributed by atoms with E-state index in [4.69, 9.17) is 5.11 Å². The van der Waals surface area contributed by atoms with Gasteiger partial charge in [0.1, 0.15) is 11.7 Å². The van der Waals surface area contributed by atoms with Crippen LogP contribution >= 0.6 is 0 Å². The van der Waals surface area contributed by atoms with E-state index in [1.807, 2.05) is 19.9 Å². The Morgan fingerprint density at radius 3 is 2.55 bits per heavy atom. The molecule has 2 fully saturated rings. The van der Waals surface area contributed by atoms with Crippen molar-refractivity contribution in [2.45, 2.75) is 58.5 Å². The first-order valence-electron chi connectivity index (χ1n) is 13.3. The van der Waals surface area contributed by atoms with Gasteiger partial charge in [0.2, 0.25) is 0 Å². The monoisotopic (exact) mass is 521 g/mol. The van der Waals surface area contributed by atoms with Crippen molar-refractivity contribution in [3.63, 3.8) is 0 Å². The fourth-order valence-electron chi connectivity index (χ4n) is 5.24. The van der Waals surface area contributed by atoms with Crippen molar-refractivity contribution in [1.82, 2.24) is 20.1 Å². The van der Waals surface area contributed by atoms with Crippen LogP contribution in [-0.4, -0.2) is 44.3 Å². The number of pyridine rings is 2. The van der Waals surface area contributed by atoms with E-state index < -0.39 is 12.0 Å². The number of hydrogen-bond acceptors (Lipinski definition) is 5. The standard InChI is InChI=1S/C28H33FN6O3/c1-16-14-21(17(2)30-15-16)20-8-9-23(32-26(20)29)33-28(38)25(24(18-4-5-18)19-6-7-19)34-27(37)22-10-11-31-35(22)12-3-13-36/h8-11,14-15,18-19,24-25,36H,3-7,12-13H2,1-2H3,(H,34,37)(H,32,33,38)/p+1/t25-/m0/s1. The van der Waals surface area contributed by atoms with Crippen LogP contribution < -0.4 is 15.6 Å². The number of amides is 2. The molecule has 0 bridgehead atoms. The van der Waals surface area contributed by atoms with Crippen LogP contribution in [0.4, 0.5) is 10.2 Å². The largest absolute Gasteiger partial charge is 0.396 e. The van der Waals surface area contributed by atoms with E-state index in [2.05, 4.69) is 25.7 Å². The number of aliphatic hydroxyl groups is 1. The van der Waals surface area contributed by atoms with E-state index in [1.165, 1.54) is 10.9 Å². The van der Waals surface area contributed by atoms with Gasteiger partial charge in [-0.15, -0.1) is 0 Å². The maximum atomic E-state index is 15.1. The molecule has 0 aromatic carbocycles. The van der Waals surface area contributed by atoms with Gasteiger partial charge in [-0.05, 0) is 87.5 Å². The Morgan fingerprint density at radius 1 is 1.16 bits per heavy atom. The molecule has 2 aliphatic carbocycles. The number of anilines is 1. The van der Waals surface area contributed by atoms with Gasteiger partial charge in [-0.1, -0.05) is 0 Å². The van der Waals surface area contributed by atoms with Crippen molar-refractivity contribution < 1.29 is 24.1 Å². The fraction of sp³-hybridized carbons (Fsp3) is 0.464. The predicted molar refractivity (Wildman–Crippen MR) is 138 cm³/mol. The summed E-state index contributed by atoms with van der Waals surface area (Å²) in [6.45, 7) is 4.11. The van der Waals surface area contributed by atoms with Crippen LogP contribution in [0.3, 0.4) is 0 Å². The first-order valence-corrected chi connectivity index (χ1v) is 13.3. The highest BCUT2D eigenvalue weighted by Crippen LogP contribution is 2.50. The molecule has 0 radical (unpaired) electrons. The number of aromatic amines is 1. The quantitative estimate of drug-likeness (QED) is 0.335. The maximum Gasteiger partial charge on any atom is 0.330 e. The molecule has 3 heterocycles. The summed E-state index contributed by atoms with van der Waals surface area (Å²) in [6, 6.07) is 5.97. The average molecular weight is 522 g/mol. The zero-order valence-corrected chi connectivity index (χ0v) is 21.7. The molecule has 0 spiro atoms. The number of carbonyl (C=O) groups excluding carboxylic acids is 2. The molecular formula is C28H34FN6O3+. The van der Waals surface area contributed by atoms with Gasteiger partial charge < -0.3 is 10.4 Å². The number of nitrogens with zero attached hydrogens (tertiary/aromatic N) is 3. The highest BCUT2D eigenvalue weighted by atomic mass is 19.1. The minimum Gasteiger partial charge on any atom is -0.396 e. The van der Waals surface area contributed by atoms with Crippen LogP contribution in [0, 0.1) is 37.5 Å². The highest BCUT2D eigenvalue weighted by Gasteiger charge is 2.49. The molecule has 200 valence electrons. The Labute approximate surface area is 220 Å². The molecule has 38 heavy (non-hydrogen) atoms. The molecule has 2 saturated carbocycles. The zero-order valence-electron chi connectivity index (χ0n) is 21.7. The Kier molecular flexibility index (Phi) is 7.51. The molecule has 2 aliphatic rings. The topological polar surface area (TPSA) is 123 Å². The number of halogens is 1. The van der Waals surface area contributed by atoms with Crippen LogP contribution in [0.25, 0.3) is 11.1 Å². The van der Waals surface area contributed by atoms with Gasteiger partial charge in [0.15, 0.2) is 0 Å². The molecule has 10 heteroatoms. The van der Waals surface area contributed by atoms with Crippen LogP contribution in [0.15, 0.2) is 36.7 Å². The molecule has 9 nitrogen and oxygen atoms in total. The van der Waals surface area contributed by atoms with Crippen molar-refractivity contribution >= 4 is 17.6 Å². The van der Waals surface area contributed by atoms with Crippen LogP contribution in [-0.2, 0) is 11.3 Å². The third-order valence-electron chi connectivity index (χ3n) is 7.43. The molecule has 5 rings (SSSR count). The van der Waals surface area contributed by atoms with Crippen molar-refractivity contribution in [1.29, 1.82) is 0 Å². The fourth-order valence-corrected chi connectivity index (χ4v) is 5.24. The third-order valence-corrected chi connectivity index (χ3v) is 7.43. The molecule has 4 N–H and O–H groups in total. The minimum atomic E-state index is -0.761. The second-order valence-electron chi connectivity index (χ2n) is 10.5. The summed E-state index contributed by atoms with van der Waals surface area (Å²) in [5, 5.41) is 19.1. The number of carbonyl (C=O) groups is 2. The molecule has 0 unspecified atom stereocenters. The van der Waals surface area contributed by atoms with Crippen molar-refractivity contribution in [2.24, 2.45) is 17.8 Å². The van der Waals surface area contributed by atoms with E-state index in [0.717, 1.165) is 31.2 Å². The van der Waals surface area contributed by atoms with E-state index in [9.17, 15) is 9.59 Å². The number of aromatic nitrogens is 4. The Balaban J connectivity index is 1.37. The van der Waals surface area contributed by atoms with E-state index in [0.29, 0.717) is 47.3 Å². The van der Waals surface area contributed by atoms with Gasteiger partial charge >= 0.3 is 5.91 Å². The molecule has 1 atom stereocenters. The van der Waals surface area contributed by atoms with E-state index in [-0.39, 0.29) is 30.2 Å². The third kappa shape index (κ3) is 5.75. The minimum absolute atomic E-state index is 0.0107. The van der Waals surface area contributed by atoms with Gasteiger partial charge in [0.25, 0.3) is 17.7 Å². The first-order chi connectivity index (χ1) is 18.4. The second-order valence-corrected chi connectivity index (χ2v) is 10.5. The number of hydrogen-bond donors (Lipinski definition) is 3. The lowest BCUT2D eigenvalue weighted by molar-refractivity contribution is -0.404. The summed E-state index contributed by atoms with van der Waals surface area (Å²) >= 11 is 0. The molecular weight excluding hydrogens is 487 g/mol. The molecule has 3 aromatic heterocycles. The lowest BCUT2D eigenvalue weighted by Crippen LogP contribution is -2.50. The number of aryl methyl sites for hydroxylation is 3. The van der Waals surface area contributed by atoms with Crippen molar-refractivity contribution in [3.8, 4) is 11.1 Å². The first kappa shape index (κ1) is 26.0. The summed E-state index contributed by atoms with van der Waals surface area (Å²) in [6.07, 6.45) is 7.88. The zero-order chi connectivity index (χ0) is 26.8. The van der Waals surface area contributed by atoms with Crippen LogP contribution in [0.1, 0.15) is 53.8 Å². The lowest BCUT2D eigenvalue weighted by Gasteiger charge is -2.25. The van der Waals surface area contributed by atoms with Gasteiger partial charge in [0, 0.05) is 42.9 Å². The van der Waals surface area contributed by atoms with E-state index >= 15 is 4.39 Å². The van der Waals surface area contributed by atoms with E-state index in [1.54, 1.807) is 24.4 Å². The van der Waals surface area contributed by atoms with Crippen LogP contribution in [0.5, 0.6) is 0 Å². The number of nitrogens with one attached hydrogen (secondary N) is 3. The Morgan fingerprint density at radius 2 is 1.89 bits per heavy atom. The summed E-state index contributed by atoms with van der Waals surface area (Å²) in [7, 11) is 0. The Bertz CT molecular complexity index is 1320. The number of rotatable bonds is 11. The van der Waals surface area contributed by atoms with Gasteiger partial charge in [-0.2, -0.15) is 9.49 Å². The molecule has 0 aliphatic heterocycles. The van der Waals surface area contributed by atoms with Gasteiger partial charge in [0.05, 0.1) is 5.56 Å². The summed E-state index contributed by atoms with van der Waals surface area (Å²) in [5.41, 5.74) is 3.02. The number of aliphatic hydroxyl groups excluding tert-OH is 1. The summed E-state index contributed by atoms with van der Waals surface area (Å²) in [5.74, 6) is -0.326. The molecule has 0 saturated heterocycles.